The van der Waals surface area contributed by atoms with E-state index in [1.165, 1.54) is 0 Å². The molecule has 1 aliphatic heterocycles. The third-order valence-corrected chi connectivity index (χ3v) is 3.05. The van der Waals surface area contributed by atoms with Crippen molar-refractivity contribution in [2.45, 2.75) is 20.3 Å². The summed E-state index contributed by atoms with van der Waals surface area (Å²) in [6, 6.07) is 0. The van der Waals surface area contributed by atoms with E-state index in [2.05, 4.69) is 0 Å². The molecule has 1 saturated heterocycles. The smallest absolute Gasteiger partial charge is 0.324 e. The maximum atomic E-state index is 11.5. The van der Waals surface area contributed by atoms with Gasteiger partial charge in [0.05, 0.1) is 13.2 Å². The number of hydrogen-bond acceptors (Lipinski definition) is 4. The van der Waals surface area contributed by atoms with Crippen molar-refractivity contribution in [1.29, 1.82) is 0 Å². The highest BCUT2D eigenvalue weighted by Crippen LogP contribution is 2.68. The van der Waals surface area contributed by atoms with Crippen LogP contribution >= 0.6 is 0 Å². The molecule has 0 aromatic heterocycles. The van der Waals surface area contributed by atoms with E-state index in [4.69, 9.17) is 9.47 Å². The summed E-state index contributed by atoms with van der Waals surface area (Å²) in [6.45, 7) is 4.28. The number of ether oxygens (including phenoxy) is 2. The lowest BCUT2D eigenvalue weighted by Crippen LogP contribution is -2.28. The minimum atomic E-state index is -0.955. The normalized spacial score (nSPS) is 40.9. The van der Waals surface area contributed by atoms with E-state index in [0.29, 0.717) is 19.6 Å². The third-order valence-electron chi connectivity index (χ3n) is 3.05. The van der Waals surface area contributed by atoms with E-state index in [0.717, 1.165) is 0 Å². The zero-order valence-electron chi connectivity index (χ0n) is 7.75. The van der Waals surface area contributed by atoms with Gasteiger partial charge in [-0.1, -0.05) is 6.92 Å². The van der Waals surface area contributed by atoms with Gasteiger partial charge < -0.3 is 9.47 Å². The van der Waals surface area contributed by atoms with Gasteiger partial charge in [-0.2, -0.15) is 0 Å². The summed E-state index contributed by atoms with van der Waals surface area (Å²) >= 11 is 0. The van der Waals surface area contributed by atoms with Crippen molar-refractivity contribution in [1.82, 2.24) is 0 Å². The number of cyclic esters (lactones) is 1. The van der Waals surface area contributed by atoms with Crippen molar-refractivity contribution >= 4 is 11.9 Å². The molecule has 4 nitrogen and oxygen atoms in total. The van der Waals surface area contributed by atoms with Crippen LogP contribution in [-0.4, -0.2) is 25.2 Å². The summed E-state index contributed by atoms with van der Waals surface area (Å²) in [7, 11) is 0. The zero-order chi connectivity index (χ0) is 9.69. The largest absolute Gasteiger partial charge is 0.465 e. The van der Waals surface area contributed by atoms with E-state index in [9.17, 15) is 9.59 Å². The van der Waals surface area contributed by atoms with E-state index in [1.54, 1.807) is 6.92 Å². The Balaban J connectivity index is 2.22. The highest BCUT2D eigenvalue weighted by Gasteiger charge is 2.80. The van der Waals surface area contributed by atoms with Crippen molar-refractivity contribution in [3.63, 3.8) is 0 Å². The Kier molecular flexibility index (Phi) is 1.47. The van der Waals surface area contributed by atoms with Gasteiger partial charge in [0.1, 0.15) is 0 Å². The lowest BCUT2D eigenvalue weighted by Gasteiger charge is -2.08. The number of carbonyl (C=O) groups is 2. The van der Waals surface area contributed by atoms with Crippen LogP contribution in [0.4, 0.5) is 0 Å². The first-order valence-corrected chi connectivity index (χ1v) is 4.41. The Hall–Kier alpha value is -1.06. The van der Waals surface area contributed by atoms with Crippen molar-refractivity contribution in [2.24, 2.45) is 10.8 Å². The molecule has 4 heteroatoms. The summed E-state index contributed by atoms with van der Waals surface area (Å²) in [5, 5.41) is 0. The van der Waals surface area contributed by atoms with Crippen LogP contribution in [0.3, 0.4) is 0 Å². The number of carbonyl (C=O) groups excluding carboxylic acids is 2. The predicted molar refractivity (Wildman–Crippen MR) is 42.7 cm³/mol. The molecule has 2 fully saturated rings. The Bertz CT molecular complexity index is 285. The van der Waals surface area contributed by atoms with E-state index in [1.807, 2.05) is 6.92 Å². The average Bonchev–Trinajstić information content (AvgIpc) is 2.64. The van der Waals surface area contributed by atoms with Gasteiger partial charge in [-0.3, -0.25) is 9.59 Å². The fourth-order valence-electron chi connectivity index (χ4n) is 2.04. The Morgan fingerprint density at radius 2 is 2.38 bits per heavy atom. The maximum absolute atomic E-state index is 11.5. The maximum Gasteiger partial charge on any atom is 0.324 e. The average molecular weight is 184 g/mol. The Morgan fingerprint density at radius 1 is 1.69 bits per heavy atom. The summed E-state index contributed by atoms with van der Waals surface area (Å²) in [5.74, 6) is -0.826. The Morgan fingerprint density at radius 3 is 2.77 bits per heavy atom. The molecule has 1 heterocycles. The van der Waals surface area contributed by atoms with Crippen molar-refractivity contribution < 1.29 is 19.1 Å². The second-order valence-corrected chi connectivity index (χ2v) is 3.94. The van der Waals surface area contributed by atoms with Gasteiger partial charge in [0, 0.05) is 5.41 Å². The quantitative estimate of drug-likeness (QED) is 0.463. The van der Waals surface area contributed by atoms with Gasteiger partial charge in [0.15, 0.2) is 5.41 Å². The lowest BCUT2D eigenvalue weighted by atomic mass is 9.98. The van der Waals surface area contributed by atoms with Gasteiger partial charge in [-0.15, -0.1) is 0 Å². The number of esters is 2. The second kappa shape index (κ2) is 2.25. The predicted octanol–water partition coefficient (Wildman–Crippen LogP) is 0.503. The molecular formula is C9H12O4. The second-order valence-electron chi connectivity index (χ2n) is 3.94. The number of fused-ring (bicyclic) bond motifs is 1. The van der Waals surface area contributed by atoms with Crippen molar-refractivity contribution in [3.8, 4) is 0 Å². The molecule has 2 rings (SSSR count). The highest BCUT2D eigenvalue weighted by molar-refractivity contribution is 6.06. The minimum Gasteiger partial charge on any atom is -0.465 e. The van der Waals surface area contributed by atoms with Crippen LogP contribution in [0.15, 0.2) is 0 Å². The molecule has 1 aliphatic carbocycles. The monoisotopic (exact) mass is 184 g/mol. The first-order chi connectivity index (χ1) is 6.07. The van der Waals surface area contributed by atoms with Gasteiger partial charge in [-0.25, -0.2) is 0 Å². The molecular weight excluding hydrogens is 172 g/mol. The van der Waals surface area contributed by atoms with Crippen LogP contribution in [0.2, 0.25) is 0 Å². The summed E-state index contributed by atoms with van der Waals surface area (Å²) < 4.78 is 9.72. The molecule has 0 spiro atoms. The molecule has 0 aromatic rings. The van der Waals surface area contributed by atoms with Crippen molar-refractivity contribution in [2.75, 3.05) is 13.2 Å². The van der Waals surface area contributed by atoms with Crippen LogP contribution in [0.5, 0.6) is 0 Å². The molecule has 13 heavy (non-hydrogen) atoms. The van der Waals surface area contributed by atoms with E-state index >= 15 is 0 Å². The van der Waals surface area contributed by atoms with Gasteiger partial charge in [0.2, 0.25) is 0 Å². The van der Waals surface area contributed by atoms with Crippen LogP contribution in [0.25, 0.3) is 0 Å². The van der Waals surface area contributed by atoms with Gasteiger partial charge in [-0.05, 0) is 13.3 Å². The molecule has 72 valence electrons. The molecule has 0 aromatic carbocycles. The molecule has 2 aliphatic rings. The highest BCUT2D eigenvalue weighted by atomic mass is 16.6. The molecule has 0 unspecified atom stereocenters. The molecule has 1 saturated carbocycles. The first kappa shape index (κ1) is 8.53. The van der Waals surface area contributed by atoms with Gasteiger partial charge in [0.25, 0.3) is 0 Å². The van der Waals surface area contributed by atoms with Crippen LogP contribution in [0.1, 0.15) is 20.3 Å². The standard InChI is InChI=1S/C9H12O4/c1-3-12-6(10)9-4-8(9,2)5-13-7(9)11/h3-5H2,1-2H3/t8-,9-/m1/s1. The molecule has 0 bridgehead atoms. The molecule has 0 N–H and O–H groups in total. The number of hydrogen-bond donors (Lipinski definition) is 0. The fraction of sp³-hybridized carbons (Fsp3) is 0.778. The number of rotatable bonds is 2. The van der Waals surface area contributed by atoms with Crippen LogP contribution in [-0.2, 0) is 19.1 Å². The van der Waals surface area contributed by atoms with Crippen LogP contribution in [0, 0.1) is 10.8 Å². The van der Waals surface area contributed by atoms with E-state index in [-0.39, 0.29) is 5.41 Å². The summed E-state index contributed by atoms with van der Waals surface area (Å²) in [5.41, 5.74) is -1.25. The van der Waals surface area contributed by atoms with E-state index < -0.39 is 17.4 Å². The molecule has 0 radical (unpaired) electrons. The van der Waals surface area contributed by atoms with Crippen molar-refractivity contribution in [3.05, 3.63) is 0 Å². The minimum absolute atomic E-state index is 0.295. The SMILES string of the molecule is CCOC(=O)[C@@]12C[C@]1(C)COC2=O. The topological polar surface area (TPSA) is 52.6 Å². The first-order valence-electron chi connectivity index (χ1n) is 4.41. The van der Waals surface area contributed by atoms with Gasteiger partial charge >= 0.3 is 11.9 Å². The summed E-state index contributed by atoms with van der Waals surface area (Å²) in [6.07, 6.45) is 0.581. The zero-order valence-corrected chi connectivity index (χ0v) is 7.75. The summed E-state index contributed by atoms with van der Waals surface area (Å²) in [4.78, 5) is 22.8. The fourth-order valence-corrected chi connectivity index (χ4v) is 2.04. The molecule has 0 amide bonds. The molecule has 2 atom stereocenters. The van der Waals surface area contributed by atoms with Crippen LogP contribution < -0.4 is 0 Å². The Labute approximate surface area is 76.2 Å². The lowest BCUT2D eigenvalue weighted by molar-refractivity contribution is -0.159. The third kappa shape index (κ3) is 0.806.